The number of ether oxygens (including phenoxy) is 1. The highest BCUT2D eigenvalue weighted by molar-refractivity contribution is 7.17. The molecule has 0 atom stereocenters. The molecule has 0 fully saturated rings. The largest absolute Gasteiger partial charge is 0.465 e. The van der Waals surface area contributed by atoms with Crippen molar-refractivity contribution in [2.75, 3.05) is 12.4 Å². The molecule has 2 aromatic heterocycles. The first-order valence-electron chi connectivity index (χ1n) is 7.55. The molecule has 3 rings (SSSR count). The van der Waals surface area contributed by atoms with Crippen molar-refractivity contribution in [3.8, 4) is 0 Å². The van der Waals surface area contributed by atoms with Crippen LogP contribution in [0.1, 0.15) is 39.4 Å². The van der Waals surface area contributed by atoms with Crippen molar-refractivity contribution < 1.29 is 18.7 Å². The minimum absolute atomic E-state index is 0.427. The zero-order chi connectivity index (χ0) is 16.9. The van der Waals surface area contributed by atoms with E-state index in [1.54, 1.807) is 12.1 Å². The number of rotatable bonds is 4. The van der Waals surface area contributed by atoms with Crippen LogP contribution >= 0.6 is 11.3 Å². The number of amides is 2. The van der Waals surface area contributed by atoms with Gasteiger partial charge in [0.15, 0.2) is 0 Å². The fourth-order valence-electron chi connectivity index (χ4n) is 2.62. The summed E-state index contributed by atoms with van der Waals surface area (Å²) < 4.78 is 9.94. The van der Waals surface area contributed by atoms with Crippen molar-refractivity contribution in [1.29, 1.82) is 0 Å². The van der Waals surface area contributed by atoms with Crippen molar-refractivity contribution >= 4 is 34.6 Å². The predicted molar refractivity (Wildman–Crippen MR) is 90.8 cm³/mol. The van der Waals surface area contributed by atoms with E-state index in [4.69, 9.17) is 9.15 Å². The number of furan rings is 1. The lowest BCUT2D eigenvalue weighted by atomic mass is 9.95. The van der Waals surface area contributed by atoms with Gasteiger partial charge in [-0.1, -0.05) is 0 Å². The molecule has 0 bridgehead atoms. The van der Waals surface area contributed by atoms with Crippen molar-refractivity contribution in [3.05, 3.63) is 40.2 Å². The maximum Gasteiger partial charge on any atom is 0.341 e. The van der Waals surface area contributed by atoms with Gasteiger partial charge in [0.2, 0.25) is 0 Å². The number of carbonyl (C=O) groups is 2. The van der Waals surface area contributed by atoms with Crippen molar-refractivity contribution in [2.24, 2.45) is 5.10 Å². The number of nitrogens with one attached hydrogen (secondary N) is 2. The molecule has 2 aromatic rings. The Morgan fingerprint density at radius 2 is 2.21 bits per heavy atom. The molecule has 0 aromatic carbocycles. The Hall–Kier alpha value is -2.61. The number of hydrazone groups is 1. The third kappa shape index (κ3) is 3.48. The SMILES string of the molecule is COC(=O)c1c(NC(=O)NN=Cc2ccco2)sc2c1CCCC2. The van der Waals surface area contributed by atoms with Gasteiger partial charge in [0.25, 0.3) is 0 Å². The minimum Gasteiger partial charge on any atom is -0.465 e. The average Bonchev–Trinajstić information content (AvgIpc) is 3.21. The van der Waals surface area contributed by atoms with Crippen LogP contribution in [0.25, 0.3) is 0 Å². The fraction of sp³-hybridized carbons (Fsp3) is 0.312. The molecule has 8 heteroatoms. The monoisotopic (exact) mass is 347 g/mol. The average molecular weight is 347 g/mol. The Morgan fingerprint density at radius 1 is 1.38 bits per heavy atom. The molecule has 24 heavy (non-hydrogen) atoms. The molecule has 0 unspecified atom stereocenters. The Bertz CT molecular complexity index is 765. The van der Waals surface area contributed by atoms with Crippen LogP contribution < -0.4 is 10.7 Å². The lowest BCUT2D eigenvalue weighted by molar-refractivity contribution is 0.0601. The topological polar surface area (TPSA) is 92.9 Å². The fourth-order valence-corrected chi connectivity index (χ4v) is 3.89. The second kappa shape index (κ2) is 7.31. The van der Waals surface area contributed by atoms with Crippen molar-refractivity contribution in [2.45, 2.75) is 25.7 Å². The summed E-state index contributed by atoms with van der Waals surface area (Å²) in [6.07, 6.45) is 6.78. The van der Waals surface area contributed by atoms with E-state index in [0.717, 1.165) is 36.1 Å². The van der Waals surface area contributed by atoms with E-state index >= 15 is 0 Å². The Morgan fingerprint density at radius 3 is 2.96 bits per heavy atom. The first-order chi connectivity index (χ1) is 11.7. The minimum atomic E-state index is -0.526. The second-order valence-electron chi connectivity index (χ2n) is 5.25. The third-order valence-electron chi connectivity index (χ3n) is 3.69. The summed E-state index contributed by atoms with van der Waals surface area (Å²) in [6, 6.07) is 2.91. The molecule has 0 saturated carbocycles. The highest BCUT2D eigenvalue weighted by Gasteiger charge is 2.26. The number of esters is 1. The summed E-state index contributed by atoms with van der Waals surface area (Å²) in [5, 5.41) is 6.98. The van der Waals surface area contributed by atoms with Crippen LogP contribution in [0.15, 0.2) is 27.9 Å². The van der Waals surface area contributed by atoms with Gasteiger partial charge in [0.1, 0.15) is 10.8 Å². The second-order valence-corrected chi connectivity index (χ2v) is 6.35. The van der Waals surface area contributed by atoms with Crippen LogP contribution in [0.2, 0.25) is 0 Å². The quantitative estimate of drug-likeness (QED) is 0.505. The molecule has 0 aliphatic heterocycles. The van der Waals surface area contributed by atoms with Gasteiger partial charge in [0.05, 0.1) is 25.2 Å². The number of anilines is 1. The summed E-state index contributed by atoms with van der Waals surface area (Å²) in [7, 11) is 1.34. The number of hydrogen-bond donors (Lipinski definition) is 2. The first kappa shape index (κ1) is 16.3. The van der Waals surface area contributed by atoms with Crippen LogP contribution in [0.5, 0.6) is 0 Å². The zero-order valence-electron chi connectivity index (χ0n) is 13.1. The van der Waals surface area contributed by atoms with Crippen LogP contribution in [0.4, 0.5) is 9.80 Å². The molecule has 1 aliphatic rings. The van der Waals surface area contributed by atoms with Crippen LogP contribution in [-0.2, 0) is 17.6 Å². The van der Waals surface area contributed by atoms with E-state index in [1.165, 1.54) is 30.9 Å². The molecule has 0 radical (unpaired) electrons. The number of methoxy groups -OCH3 is 1. The van der Waals surface area contributed by atoms with Gasteiger partial charge in [-0.25, -0.2) is 15.0 Å². The molecule has 2 N–H and O–H groups in total. The summed E-state index contributed by atoms with van der Waals surface area (Å²) in [6.45, 7) is 0. The first-order valence-corrected chi connectivity index (χ1v) is 8.37. The lowest BCUT2D eigenvalue weighted by Gasteiger charge is -2.11. The lowest BCUT2D eigenvalue weighted by Crippen LogP contribution is -2.24. The van der Waals surface area contributed by atoms with Gasteiger partial charge >= 0.3 is 12.0 Å². The molecular weight excluding hydrogens is 330 g/mol. The number of aryl methyl sites for hydroxylation is 1. The van der Waals surface area contributed by atoms with Gasteiger partial charge in [-0.3, -0.25) is 5.32 Å². The molecule has 0 saturated heterocycles. The van der Waals surface area contributed by atoms with Gasteiger partial charge in [-0.05, 0) is 43.4 Å². The van der Waals surface area contributed by atoms with E-state index < -0.39 is 12.0 Å². The highest BCUT2D eigenvalue weighted by Crippen LogP contribution is 2.38. The van der Waals surface area contributed by atoms with Gasteiger partial charge in [-0.2, -0.15) is 5.10 Å². The number of hydrogen-bond acceptors (Lipinski definition) is 6. The summed E-state index contributed by atoms with van der Waals surface area (Å²) in [5.41, 5.74) is 3.80. The Kier molecular flexibility index (Phi) is 4.95. The van der Waals surface area contributed by atoms with Gasteiger partial charge in [0, 0.05) is 4.88 Å². The third-order valence-corrected chi connectivity index (χ3v) is 4.90. The number of thiophene rings is 1. The molecule has 126 valence electrons. The molecule has 0 spiro atoms. The number of nitrogens with zero attached hydrogens (tertiary/aromatic N) is 1. The normalized spacial score (nSPS) is 13.5. The summed E-state index contributed by atoms with van der Waals surface area (Å²) in [4.78, 5) is 25.2. The zero-order valence-corrected chi connectivity index (χ0v) is 13.9. The molecule has 2 amide bonds. The number of carbonyl (C=O) groups excluding carboxylic acids is 2. The van der Waals surface area contributed by atoms with Crippen molar-refractivity contribution in [1.82, 2.24) is 5.43 Å². The van der Waals surface area contributed by atoms with E-state index in [0.29, 0.717) is 16.3 Å². The number of fused-ring (bicyclic) bond motifs is 1. The predicted octanol–water partition coefficient (Wildman–Crippen LogP) is 3.16. The van der Waals surface area contributed by atoms with Crippen LogP contribution in [-0.4, -0.2) is 25.3 Å². The van der Waals surface area contributed by atoms with Crippen molar-refractivity contribution in [3.63, 3.8) is 0 Å². The molecule has 1 aliphatic carbocycles. The number of urea groups is 1. The van der Waals surface area contributed by atoms with Crippen LogP contribution in [0, 0.1) is 0 Å². The maximum absolute atomic E-state index is 12.1. The van der Waals surface area contributed by atoms with E-state index in [-0.39, 0.29) is 0 Å². The highest BCUT2D eigenvalue weighted by atomic mass is 32.1. The molecule has 7 nitrogen and oxygen atoms in total. The molecule has 2 heterocycles. The van der Waals surface area contributed by atoms with Gasteiger partial charge in [-0.15, -0.1) is 11.3 Å². The summed E-state index contributed by atoms with van der Waals surface area (Å²) in [5.74, 6) is 0.0981. The maximum atomic E-state index is 12.1. The standard InChI is InChI=1S/C16H17N3O4S/c1-22-15(20)13-11-6-2-3-7-12(11)24-14(13)18-16(21)19-17-9-10-5-4-8-23-10/h4-5,8-9H,2-3,6-7H2,1H3,(H2,18,19,21). The molecular formula is C16H17N3O4S. The van der Waals surface area contributed by atoms with E-state index in [1.807, 2.05) is 0 Å². The Labute approximate surface area is 142 Å². The Balaban J connectivity index is 1.73. The van der Waals surface area contributed by atoms with E-state index in [2.05, 4.69) is 15.8 Å². The summed E-state index contributed by atoms with van der Waals surface area (Å²) >= 11 is 1.42. The van der Waals surface area contributed by atoms with E-state index in [9.17, 15) is 9.59 Å². The van der Waals surface area contributed by atoms with Gasteiger partial charge < -0.3 is 9.15 Å². The smallest absolute Gasteiger partial charge is 0.341 e. The van der Waals surface area contributed by atoms with Crippen LogP contribution in [0.3, 0.4) is 0 Å².